The van der Waals surface area contributed by atoms with Crippen LogP contribution in [0.3, 0.4) is 0 Å². The van der Waals surface area contributed by atoms with Gasteiger partial charge < -0.3 is 10.1 Å². The Morgan fingerprint density at radius 2 is 1.89 bits per heavy atom. The topological polar surface area (TPSA) is 56.2 Å². The van der Waals surface area contributed by atoms with Gasteiger partial charge in [0.1, 0.15) is 11.6 Å². The van der Waals surface area contributed by atoms with E-state index in [1.54, 1.807) is 6.92 Å². The Kier molecular flexibility index (Phi) is 4.90. The van der Waals surface area contributed by atoms with E-state index in [9.17, 15) is 4.79 Å². The molecular weight excluding hydrogens is 358 g/mol. The Labute approximate surface area is 162 Å². The van der Waals surface area contributed by atoms with Crippen LogP contribution in [0.1, 0.15) is 23.7 Å². The number of thioether (sulfide) groups is 1. The van der Waals surface area contributed by atoms with E-state index in [0.29, 0.717) is 5.75 Å². The number of benzene rings is 2. The van der Waals surface area contributed by atoms with Gasteiger partial charge in [0, 0.05) is 17.1 Å². The summed E-state index contributed by atoms with van der Waals surface area (Å²) in [6.45, 7) is 3.80. The number of para-hydroxylation sites is 1. The van der Waals surface area contributed by atoms with Gasteiger partial charge in [-0.05, 0) is 38.1 Å². The lowest BCUT2D eigenvalue weighted by molar-refractivity contribution is -0.122. The van der Waals surface area contributed by atoms with Crippen LogP contribution < -0.4 is 10.1 Å². The highest BCUT2D eigenvalue weighted by molar-refractivity contribution is 7.98. The van der Waals surface area contributed by atoms with E-state index >= 15 is 0 Å². The molecule has 138 valence electrons. The summed E-state index contributed by atoms with van der Waals surface area (Å²) in [6, 6.07) is 17.5. The van der Waals surface area contributed by atoms with Gasteiger partial charge in [0.2, 0.25) is 0 Å². The summed E-state index contributed by atoms with van der Waals surface area (Å²) in [4.78, 5) is 12.8. The molecular formula is C21H21N3O2S. The molecule has 0 unspecified atom stereocenters. The number of nitrogens with zero attached hydrogens (tertiary/aromatic N) is 2. The Morgan fingerprint density at radius 1 is 1.15 bits per heavy atom. The van der Waals surface area contributed by atoms with Crippen molar-refractivity contribution < 1.29 is 9.53 Å². The molecule has 5 nitrogen and oxygen atoms in total. The maximum atomic E-state index is 12.8. The smallest absolute Gasteiger partial charge is 0.266 e. The highest BCUT2D eigenvalue weighted by atomic mass is 32.2. The summed E-state index contributed by atoms with van der Waals surface area (Å²) >= 11 is 1.81. The van der Waals surface area contributed by atoms with Crippen LogP contribution in [0.2, 0.25) is 0 Å². The van der Waals surface area contributed by atoms with E-state index in [0.717, 1.165) is 34.3 Å². The van der Waals surface area contributed by atoms with Crippen LogP contribution in [-0.2, 0) is 16.3 Å². The van der Waals surface area contributed by atoms with Crippen molar-refractivity contribution in [3.8, 4) is 11.4 Å². The van der Waals surface area contributed by atoms with Gasteiger partial charge in [-0.15, -0.1) is 0 Å². The molecule has 0 radical (unpaired) electrons. The van der Waals surface area contributed by atoms with Crippen LogP contribution in [0, 0.1) is 6.92 Å². The van der Waals surface area contributed by atoms with E-state index < -0.39 is 6.10 Å². The van der Waals surface area contributed by atoms with Gasteiger partial charge in [0.05, 0.1) is 11.4 Å². The average Bonchev–Trinajstić information content (AvgIpc) is 3.26. The predicted octanol–water partition coefficient (Wildman–Crippen LogP) is 4.33. The second-order valence-corrected chi connectivity index (χ2v) is 7.56. The molecule has 2 aromatic carbocycles. The molecule has 1 atom stereocenters. The van der Waals surface area contributed by atoms with Crippen molar-refractivity contribution in [2.45, 2.75) is 31.5 Å². The van der Waals surface area contributed by atoms with Crippen LogP contribution in [0.15, 0.2) is 54.6 Å². The molecule has 1 aliphatic rings. The molecule has 1 N–H and O–H groups in total. The van der Waals surface area contributed by atoms with Crippen molar-refractivity contribution in [3.63, 3.8) is 0 Å². The summed E-state index contributed by atoms with van der Waals surface area (Å²) in [5.41, 5.74) is 4.25. The molecule has 0 saturated carbocycles. The Bertz CT molecular complexity index is 952. The first kappa shape index (κ1) is 17.7. The molecule has 27 heavy (non-hydrogen) atoms. The lowest BCUT2D eigenvalue weighted by Gasteiger charge is -2.16. The SMILES string of the molecule is Cc1ccc(-n2nc3c(c2NC(=O)[C@@H](C)Oc2ccccc2)CSC3)cc1. The van der Waals surface area contributed by atoms with Crippen molar-refractivity contribution in [2.75, 3.05) is 5.32 Å². The summed E-state index contributed by atoms with van der Waals surface area (Å²) in [6.07, 6.45) is -0.613. The minimum atomic E-state index is -0.613. The molecule has 1 amide bonds. The van der Waals surface area contributed by atoms with Gasteiger partial charge in [-0.25, -0.2) is 4.68 Å². The van der Waals surface area contributed by atoms with Crippen LogP contribution in [0.4, 0.5) is 5.82 Å². The number of nitrogens with one attached hydrogen (secondary N) is 1. The molecule has 0 saturated heterocycles. The van der Waals surface area contributed by atoms with Crippen LogP contribution in [-0.4, -0.2) is 21.8 Å². The molecule has 0 fully saturated rings. The Balaban J connectivity index is 1.59. The highest BCUT2D eigenvalue weighted by Gasteiger charge is 2.26. The summed E-state index contributed by atoms with van der Waals surface area (Å²) in [5.74, 6) is 2.95. The van der Waals surface area contributed by atoms with Gasteiger partial charge in [-0.1, -0.05) is 35.9 Å². The molecule has 1 aromatic heterocycles. The van der Waals surface area contributed by atoms with Crippen LogP contribution >= 0.6 is 11.8 Å². The van der Waals surface area contributed by atoms with E-state index in [2.05, 4.69) is 12.2 Å². The first-order valence-electron chi connectivity index (χ1n) is 8.90. The van der Waals surface area contributed by atoms with Gasteiger partial charge in [0.25, 0.3) is 5.91 Å². The fourth-order valence-electron chi connectivity index (χ4n) is 2.99. The van der Waals surface area contributed by atoms with E-state index in [1.807, 2.05) is 71.0 Å². The Hall–Kier alpha value is -2.73. The number of rotatable bonds is 5. The average molecular weight is 379 g/mol. The first-order valence-corrected chi connectivity index (χ1v) is 10.1. The fourth-order valence-corrected chi connectivity index (χ4v) is 4.02. The largest absolute Gasteiger partial charge is 0.481 e. The molecule has 4 rings (SSSR count). The molecule has 6 heteroatoms. The number of aromatic nitrogens is 2. The van der Waals surface area contributed by atoms with Crippen LogP contribution in [0.25, 0.3) is 5.69 Å². The van der Waals surface area contributed by atoms with Crippen molar-refractivity contribution >= 4 is 23.5 Å². The number of amides is 1. The minimum absolute atomic E-state index is 0.188. The molecule has 0 bridgehead atoms. The van der Waals surface area contributed by atoms with Gasteiger partial charge in [-0.3, -0.25) is 4.79 Å². The molecule has 0 spiro atoms. The third kappa shape index (κ3) is 3.71. The zero-order chi connectivity index (χ0) is 18.8. The van der Waals surface area contributed by atoms with E-state index in [-0.39, 0.29) is 5.91 Å². The monoisotopic (exact) mass is 379 g/mol. The molecule has 1 aliphatic heterocycles. The lowest BCUT2D eigenvalue weighted by Crippen LogP contribution is -2.31. The predicted molar refractivity (Wildman–Crippen MR) is 108 cm³/mol. The van der Waals surface area contributed by atoms with E-state index in [1.165, 1.54) is 5.56 Å². The van der Waals surface area contributed by atoms with E-state index in [4.69, 9.17) is 9.84 Å². The van der Waals surface area contributed by atoms with Crippen molar-refractivity contribution in [1.82, 2.24) is 9.78 Å². The summed E-state index contributed by atoms with van der Waals surface area (Å²) in [5, 5.41) is 7.77. The minimum Gasteiger partial charge on any atom is -0.481 e. The second kappa shape index (κ2) is 7.48. The fraction of sp³-hybridized carbons (Fsp3) is 0.238. The molecule has 2 heterocycles. The lowest BCUT2D eigenvalue weighted by atomic mass is 10.2. The van der Waals surface area contributed by atoms with Crippen molar-refractivity contribution in [2.24, 2.45) is 0 Å². The second-order valence-electron chi connectivity index (χ2n) is 6.58. The third-order valence-corrected chi connectivity index (χ3v) is 5.47. The summed E-state index contributed by atoms with van der Waals surface area (Å²) < 4.78 is 7.59. The van der Waals surface area contributed by atoms with Crippen LogP contribution in [0.5, 0.6) is 5.75 Å². The highest BCUT2D eigenvalue weighted by Crippen LogP contribution is 2.36. The van der Waals surface area contributed by atoms with Crippen molar-refractivity contribution in [1.29, 1.82) is 0 Å². The number of hydrogen-bond donors (Lipinski definition) is 1. The maximum Gasteiger partial charge on any atom is 0.266 e. The molecule has 3 aromatic rings. The van der Waals surface area contributed by atoms with Gasteiger partial charge >= 0.3 is 0 Å². The van der Waals surface area contributed by atoms with Gasteiger partial charge in [-0.2, -0.15) is 16.9 Å². The molecule has 0 aliphatic carbocycles. The number of anilines is 1. The third-order valence-electron chi connectivity index (χ3n) is 4.50. The zero-order valence-electron chi connectivity index (χ0n) is 15.3. The number of ether oxygens (including phenoxy) is 1. The normalized spacial score (nSPS) is 13.9. The maximum absolute atomic E-state index is 12.8. The number of carbonyl (C=O) groups is 1. The first-order chi connectivity index (χ1) is 13.1. The number of fused-ring (bicyclic) bond motifs is 1. The zero-order valence-corrected chi connectivity index (χ0v) is 16.1. The number of aryl methyl sites for hydroxylation is 1. The summed E-state index contributed by atoms with van der Waals surface area (Å²) in [7, 11) is 0. The Morgan fingerprint density at radius 3 is 2.63 bits per heavy atom. The number of hydrogen-bond acceptors (Lipinski definition) is 4. The quantitative estimate of drug-likeness (QED) is 0.717. The van der Waals surface area contributed by atoms with Crippen molar-refractivity contribution in [3.05, 3.63) is 71.4 Å². The van der Waals surface area contributed by atoms with Gasteiger partial charge in [0.15, 0.2) is 6.10 Å². The standard InChI is InChI=1S/C21H21N3O2S/c1-14-8-10-16(11-9-14)24-20(18-12-27-13-19(18)23-24)22-21(25)15(2)26-17-6-4-3-5-7-17/h3-11,15H,12-13H2,1-2H3,(H,22,25)/t15-/m1/s1. The number of carbonyl (C=O) groups excluding carboxylic acids is 1.